The van der Waals surface area contributed by atoms with E-state index in [9.17, 15) is 4.79 Å². The van der Waals surface area contributed by atoms with Crippen molar-refractivity contribution >= 4 is 90.6 Å². The average molecular weight is 1910 g/mol. The number of carbonyl (C=O) groups is 11. The molecule has 0 bridgehead atoms. The van der Waals surface area contributed by atoms with Gasteiger partial charge in [-0.3, -0.25) is 52.7 Å². The van der Waals surface area contributed by atoms with Gasteiger partial charge >= 0.3 is 47.8 Å². The highest BCUT2D eigenvalue weighted by Crippen LogP contribution is 2.61. The maximum absolute atomic E-state index is 17.0. The van der Waals surface area contributed by atoms with E-state index >= 15 is 47.9 Å². The van der Waals surface area contributed by atoms with E-state index in [0.717, 1.165) is 0 Å². The van der Waals surface area contributed by atoms with Crippen molar-refractivity contribution < 1.29 is 104 Å². The molecular weight excluding hydrogens is 1760 g/mol. The lowest BCUT2D eigenvalue weighted by molar-refractivity contribution is -0.190. The number of carbonyl (C=O) groups excluding carboxylic acids is 11. The molecule has 0 saturated carbocycles. The smallest absolute Gasteiger partial charge is 0.313 e. The summed E-state index contributed by atoms with van der Waals surface area (Å²) in [6.45, 7) is 39.8. The second-order valence-corrected chi connectivity index (χ2v) is 56.4. The van der Waals surface area contributed by atoms with E-state index in [1.807, 2.05) is 94.4 Å². The van der Waals surface area contributed by atoms with Crippen LogP contribution in [0.3, 0.4) is 0 Å². The van der Waals surface area contributed by atoms with Crippen LogP contribution in [-0.4, -0.2) is 122 Å². The fourth-order valence-corrected chi connectivity index (χ4v) is 21.4. The van der Waals surface area contributed by atoms with Crippen molar-refractivity contribution in [2.75, 3.05) is 26.2 Å². The van der Waals surface area contributed by atoms with Gasteiger partial charge in [0.05, 0.1) is 59.6 Å². The number of esters is 8. The van der Waals surface area contributed by atoms with E-state index in [0.29, 0.717) is 52.0 Å². The Kier molecular flexibility index (Phi) is 39.1. The van der Waals surface area contributed by atoms with E-state index in [1.54, 1.807) is 244 Å². The Balaban J connectivity index is 1.60. The van der Waals surface area contributed by atoms with Gasteiger partial charge in [-0.15, -0.1) is 0 Å². The number of hydrogen-bond acceptors (Lipinski definition) is 23. The Hall–Kier alpha value is -10.7. The lowest BCUT2D eigenvalue weighted by Gasteiger charge is -2.51. The first-order valence-electron chi connectivity index (χ1n) is 47.0. The third-order valence-electron chi connectivity index (χ3n) is 25.6. The minimum atomic E-state index is -3.15. The number of rotatable bonds is 53. The first kappa shape index (κ1) is 111. The van der Waals surface area contributed by atoms with E-state index in [2.05, 4.69) is 0 Å². The molecule has 734 valence electrons. The standard InChI is InChI=1S/C109H149NO22Si3/c1-25-100(6,89(112)123-65-81-49-35-28-36-50-81)73-102(8,90(113)124-66-82-51-37-29-38-52-82)74-103(9,91(114)125-67-83-53-39-30-40-54-83)75-104(10,92(115)126-68-84-55-41-31-42-56-84)76-105(11,93(116)127-69-85-57-43-32-44-58-85)77-106(12,94(117)128-70-86-59-45-33-46-60-86)78-107(13,95(118)129-71-87-61-47-34-48-62-87)80-108(14,97(120)122-64-63-110(26-2)27-3)109(15,98(121)132-135(22,23)24)79-101(7,96(119)131-134(19,20)21)72-99(4,5)88(111)130-133(16,17)18/h28-62H,25-27,63-80H2,1-24H3. The van der Waals surface area contributed by atoms with E-state index in [4.69, 9.17) is 51.2 Å². The summed E-state index contributed by atoms with van der Waals surface area (Å²) in [5.74, 6) is -9.76. The third kappa shape index (κ3) is 32.2. The summed E-state index contributed by atoms with van der Waals surface area (Å²) in [6.07, 6.45) is -5.11. The van der Waals surface area contributed by atoms with Crippen LogP contribution in [0.25, 0.3) is 0 Å². The largest absolute Gasteiger partial charge is 0.519 e. The van der Waals surface area contributed by atoms with Crippen LogP contribution in [0.5, 0.6) is 0 Å². The predicted octanol–water partition coefficient (Wildman–Crippen LogP) is 22.2. The molecule has 0 aliphatic rings. The summed E-state index contributed by atoms with van der Waals surface area (Å²) in [7, 11) is -8.72. The zero-order chi connectivity index (χ0) is 100. The molecule has 7 rings (SSSR count). The number of nitrogens with zero attached hydrogens (tertiary/aromatic N) is 1. The minimum Gasteiger partial charge on any atom is -0.519 e. The molecule has 0 fully saturated rings. The second kappa shape index (κ2) is 47.4. The number of ether oxygens (including phenoxy) is 8. The molecule has 7 aromatic rings. The van der Waals surface area contributed by atoms with Gasteiger partial charge in [-0.05, 0) is 258 Å². The topological polar surface area (TPSA) is 293 Å². The third-order valence-corrected chi connectivity index (χ3v) is 28.0. The Morgan fingerprint density at radius 3 is 0.644 bits per heavy atom. The normalized spacial score (nSPS) is 16.4. The van der Waals surface area contributed by atoms with E-state index < -0.39 is 195 Å². The molecule has 23 nitrogen and oxygen atoms in total. The molecule has 0 N–H and O–H groups in total. The van der Waals surface area contributed by atoms with E-state index in [-0.39, 0.29) is 78.7 Å². The van der Waals surface area contributed by atoms with Crippen molar-refractivity contribution in [3.8, 4) is 0 Å². The Morgan fingerprint density at radius 1 is 0.230 bits per heavy atom. The van der Waals surface area contributed by atoms with Crippen LogP contribution in [0.4, 0.5) is 0 Å². The molecule has 0 radical (unpaired) electrons. The molecule has 0 aliphatic carbocycles. The number of likely N-dealkylation sites (N-methyl/N-ethyl adjacent to an activating group) is 1. The van der Waals surface area contributed by atoms with Gasteiger partial charge in [0.2, 0.25) is 25.0 Å². The van der Waals surface area contributed by atoms with Crippen LogP contribution >= 0.6 is 0 Å². The van der Waals surface area contributed by atoms with Crippen LogP contribution in [0, 0.1) is 59.6 Å². The van der Waals surface area contributed by atoms with Crippen molar-refractivity contribution in [1.82, 2.24) is 4.90 Å². The molecule has 7 aromatic carbocycles. The minimum absolute atomic E-state index is 0.108. The monoisotopic (exact) mass is 1910 g/mol. The van der Waals surface area contributed by atoms with Crippen LogP contribution in [0.15, 0.2) is 212 Å². The van der Waals surface area contributed by atoms with Crippen molar-refractivity contribution in [1.29, 1.82) is 0 Å². The first-order chi connectivity index (χ1) is 63.0. The molecule has 135 heavy (non-hydrogen) atoms. The van der Waals surface area contributed by atoms with Crippen molar-refractivity contribution in [3.63, 3.8) is 0 Å². The molecular formula is C109H149NO22Si3. The summed E-state index contributed by atoms with van der Waals surface area (Å²) < 4.78 is 71.4. The van der Waals surface area contributed by atoms with Gasteiger partial charge < -0.3 is 56.1 Å². The summed E-state index contributed by atoms with van der Waals surface area (Å²) in [5, 5.41) is 0. The first-order valence-corrected chi connectivity index (χ1v) is 57.3. The van der Waals surface area contributed by atoms with Gasteiger partial charge in [0.1, 0.15) is 52.9 Å². The SMILES string of the molecule is CCN(CC)CCOC(=O)C(C)(CC(C)(CC(C)(CC(C)(CC(C)(CC(C)(CC(C)(CC(C)(CC)C(=O)OCc1ccccc1)C(=O)OCc1ccccc1)C(=O)OCc1ccccc1)C(=O)OCc1ccccc1)C(=O)OCc1ccccc1)C(=O)OCc1ccccc1)C(=O)OCc1ccccc1)C(C)(CC(C)(CC(C)(C)C(=O)O[Si](C)(C)C)C(=O)O[Si](C)(C)C)C(=O)O[Si](C)(C)C. The molecule has 0 aromatic heterocycles. The molecule has 0 spiro atoms. The van der Waals surface area contributed by atoms with Gasteiger partial charge in [0.15, 0.2) is 0 Å². The quantitative estimate of drug-likeness (QED) is 0.0194. The maximum atomic E-state index is 17.0. The molecule has 0 aliphatic heterocycles. The summed E-state index contributed by atoms with van der Waals surface area (Å²) >= 11 is 0. The predicted molar refractivity (Wildman–Crippen MR) is 527 cm³/mol. The highest BCUT2D eigenvalue weighted by atomic mass is 28.4. The van der Waals surface area contributed by atoms with Crippen LogP contribution < -0.4 is 0 Å². The summed E-state index contributed by atoms with van der Waals surface area (Å²) in [6, 6.07) is 62.2. The zero-order valence-corrected chi connectivity index (χ0v) is 87.5. The lowest BCUT2D eigenvalue weighted by atomic mass is 9.51. The second-order valence-electron chi connectivity index (χ2n) is 43.1. The fraction of sp³-hybridized carbons (Fsp3) is 0.514. The summed E-state index contributed by atoms with van der Waals surface area (Å²) in [5.41, 5.74) is -18.5. The van der Waals surface area contributed by atoms with Gasteiger partial charge in [0, 0.05) is 6.54 Å². The molecule has 10 atom stereocenters. The molecule has 0 saturated heterocycles. The van der Waals surface area contributed by atoms with Crippen LogP contribution in [0.2, 0.25) is 58.9 Å². The number of benzene rings is 7. The highest BCUT2D eigenvalue weighted by molar-refractivity contribution is 6.72. The summed E-state index contributed by atoms with van der Waals surface area (Å²) in [4.78, 5) is 182. The number of hydrogen-bond donors (Lipinski definition) is 0. The Labute approximate surface area is 805 Å². The van der Waals surface area contributed by atoms with Gasteiger partial charge in [-0.2, -0.15) is 0 Å². The highest BCUT2D eigenvalue weighted by Gasteiger charge is 2.67. The molecule has 0 amide bonds. The van der Waals surface area contributed by atoms with Gasteiger partial charge in [-0.25, -0.2) is 0 Å². The zero-order valence-electron chi connectivity index (χ0n) is 84.5. The van der Waals surface area contributed by atoms with Crippen LogP contribution in [-0.2, 0) is 150 Å². The fourth-order valence-electron chi connectivity index (χ4n) is 19.0. The van der Waals surface area contributed by atoms with Crippen molar-refractivity contribution in [2.24, 2.45) is 59.6 Å². The average Bonchev–Trinajstić information content (AvgIpc) is 0.725. The van der Waals surface area contributed by atoms with Gasteiger partial charge in [-0.1, -0.05) is 233 Å². The molecule has 26 heteroatoms. The van der Waals surface area contributed by atoms with Crippen molar-refractivity contribution in [3.05, 3.63) is 251 Å². The Morgan fingerprint density at radius 2 is 0.422 bits per heavy atom. The van der Waals surface area contributed by atoms with E-state index in [1.165, 1.54) is 41.5 Å². The molecule has 0 heterocycles. The Bertz CT molecular complexity index is 5090. The van der Waals surface area contributed by atoms with Crippen LogP contribution in [0.1, 0.15) is 207 Å². The molecule has 10 unspecified atom stereocenters. The lowest BCUT2D eigenvalue weighted by Crippen LogP contribution is -2.58. The van der Waals surface area contributed by atoms with Crippen molar-refractivity contribution in [2.45, 2.75) is 273 Å². The maximum Gasteiger partial charge on any atom is 0.313 e. The van der Waals surface area contributed by atoms with Gasteiger partial charge in [0.25, 0.3) is 17.9 Å².